The molecule has 0 atom stereocenters. The molecule has 7 heteroatoms. The highest BCUT2D eigenvalue weighted by molar-refractivity contribution is 5.96. The Labute approximate surface area is 151 Å². The summed E-state index contributed by atoms with van der Waals surface area (Å²) in [5, 5.41) is 11.1. The summed E-state index contributed by atoms with van der Waals surface area (Å²) in [6.07, 6.45) is 0. The fraction of sp³-hybridized carbons (Fsp3) is 0.316. The van der Waals surface area contributed by atoms with Crippen molar-refractivity contribution in [3.8, 4) is 11.5 Å². The minimum absolute atomic E-state index is 0.0498. The number of amides is 1. The third-order valence-electron chi connectivity index (χ3n) is 4.38. The molecule has 0 spiro atoms. The molecule has 1 aliphatic heterocycles. The quantitative estimate of drug-likeness (QED) is 0.606. The van der Waals surface area contributed by atoms with Crippen LogP contribution < -0.4 is 9.47 Å². The van der Waals surface area contributed by atoms with Crippen LogP contribution in [0.3, 0.4) is 0 Å². The van der Waals surface area contributed by atoms with E-state index in [1.165, 1.54) is 12.1 Å². The third-order valence-corrected chi connectivity index (χ3v) is 4.38. The Morgan fingerprint density at radius 2 is 1.92 bits per heavy atom. The molecule has 2 aromatic carbocycles. The Morgan fingerprint density at radius 3 is 2.62 bits per heavy atom. The minimum atomic E-state index is -0.469. The van der Waals surface area contributed by atoms with Gasteiger partial charge in [-0.25, -0.2) is 0 Å². The largest absolute Gasteiger partial charge is 0.486 e. The fourth-order valence-corrected chi connectivity index (χ4v) is 2.96. The Kier molecular flexibility index (Phi) is 5.06. The lowest BCUT2D eigenvalue weighted by Crippen LogP contribution is -2.31. The summed E-state index contributed by atoms with van der Waals surface area (Å²) in [6, 6.07) is 10.2. The van der Waals surface area contributed by atoms with Gasteiger partial charge in [-0.05, 0) is 37.6 Å². The first-order valence-electron chi connectivity index (χ1n) is 8.43. The van der Waals surface area contributed by atoms with Crippen molar-refractivity contribution in [3.05, 3.63) is 63.2 Å². The molecule has 0 N–H and O–H groups in total. The van der Waals surface area contributed by atoms with Crippen LogP contribution >= 0.6 is 0 Å². The van der Waals surface area contributed by atoms with Gasteiger partial charge in [-0.3, -0.25) is 14.9 Å². The summed E-state index contributed by atoms with van der Waals surface area (Å²) in [7, 11) is 0. The van der Waals surface area contributed by atoms with Crippen molar-refractivity contribution < 1.29 is 19.2 Å². The van der Waals surface area contributed by atoms with Gasteiger partial charge >= 0.3 is 0 Å². The SMILES string of the molecule is CCN(Cc1ccc2c(c1)OCCO2)C(=O)c1cccc([N+](=O)[O-])c1C. The van der Waals surface area contributed by atoms with Gasteiger partial charge in [0.2, 0.25) is 0 Å². The molecule has 1 heterocycles. The zero-order valence-corrected chi connectivity index (χ0v) is 14.7. The molecular formula is C19H20N2O5. The number of hydrogen-bond acceptors (Lipinski definition) is 5. The molecule has 26 heavy (non-hydrogen) atoms. The molecule has 0 radical (unpaired) electrons. The molecule has 0 aliphatic carbocycles. The van der Waals surface area contributed by atoms with Gasteiger partial charge in [-0.15, -0.1) is 0 Å². The van der Waals surface area contributed by atoms with Crippen LogP contribution in [0.1, 0.15) is 28.4 Å². The smallest absolute Gasteiger partial charge is 0.273 e. The first kappa shape index (κ1) is 17.7. The molecule has 1 amide bonds. The second-order valence-electron chi connectivity index (χ2n) is 6.00. The van der Waals surface area contributed by atoms with Crippen LogP contribution in [0.4, 0.5) is 5.69 Å². The monoisotopic (exact) mass is 356 g/mol. The van der Waals surface area contributed by atoms with E-state index >= 15 is 0 Å². The average Bonchev–Trinajstić information content (AvgIpc) is 2.65. The highest BCUT2D eigenvalue weighted by Crippen LogP contribution is 2.31. The van der Waals surface area contributed by atoms with Gasteiger partial charge in [-0.1, -0.05) is 12.1 Å². The summed E-state index contributed by atoms with van der Waals surface area (Å²) in [4.78, 5) is 25.2. The zero-order chi connectivity index (χ0) is 18.7. The van der Waals surface area contributed by atoms with Crippen LogP contribution in [-0.4, -0.2) is 35.5 Å². The lowest BCUT2D eigenvalue weighted by atomic mass is 10.0. The molecule has 7 nitrogen and oxygen atoms in total. The number of fused-ring (bicyclic) bond motifs is 1. The van der Waals surface area contributed by atoms with Crippen molar-refractivity contribution in [3.63, 3.8) is 0 Å². The maximum atomic E-state index is 12.9. The number of hydrogen-bond donors (Lipinski definition) is 0. The molecule has 3 rings (SSSR count). The Bertz CT molecular complexity index is 850. The van der Waals surface area contributed by atoms with Crippen LogP contribution in [0.2, 0.25) is 0 Å². The zero-order valence-electron chi connectivity index (χ0n) is 14.7. The summed E-state index contributed by atoms with van der Waals surface area (Å²) in [5.41, 5.74) is 1.58. The minimum Gasteiger partial charge on any atom is -0.486 e. The molecular weight excluding hydrogens is 336 g/mol. The van der Waals surface area contributed by atoms with Gasteiger partial charge in [-0.2, -0.15) is 0 Å². The lowest BCUT2D eigenvalue weighted by Gasteiger charge is -2.23. The van der Waals surface area contributed by atoms with Crippen molar-refractivity contribution in [1.29, 1.82) is 0 Å². The Hall–Kier alpha value is -3.09. The van der Waals surface area contributed by atoms with Crippen LogP contribution in [0, 0.1) is 17.0 Å². The predicted octanol–water partition coefficient (Wildman–Crippen LogP) is 3.34. The highest BCUT2D eigenvalue weighted by Gasteiger charge is 2.22. The number of carbonyl (C=O) groups excluding carboxylic acids is 1. The molecule has 136 valence electrons. The average molecular weight is 356 g/mol. The molecule has 0 saturated heterocycles. The van der Waals surface area contributed by atoms with Crippen molar-refractivity contribution in [2.75, 3.05) is 19.8 Å². The van der Waals surface area contributed by atoms with E-state index in [1.54, 1.807) is 17.9 Å². The highest BCUT2D eigenvalue weighted by atomic mass is 16.6. The maximum absolute atomic E-state index is 12.9. The maximum Gasteiger partial charge on any atom is 0.273 e. The first-order chi connectivity index (χ1) is 12.5. The van der Waals surface area contributed by atoms with E-state index in [2.05, 4.69) is 0 Å². The van der Waals surface area contributed by atoms with Crippen molar-refractivity contribution >= 4 is 11.6 Å². The third kappa shape index (κ3) is 3.46. The lowest BCUT2D eigenvalue weighted by molar-refractivity contribution is -0.385. The molecule has 0 bridgehead atoms. The second kappa shape index (κ2) is 7.43. The van der Waals surface area contributed by atoms with Crippen LogP contribution in [0.25, 0.3) is 0 Å². The summed E-state index contributed by atoms with van der Waals surface area (Å²) >= 11 is 0. The van der Waals surface area contributed by atoms with Crippen molar-refractivity contribution in [2.45, 2.75) is 20.4 Å². The molecule has 0 saturated carbocycles. The van der Waals surface area contributed by atoms with E-state index in [4.69, 9.17) is 9.47 Å². The normalized spacial score (nSPS) is 12.5. The summed E-state index contributed by atoms with van der Waals surface area (Å²) in [6.45, 7) is 5.37. The molecule has 2 aromatic rings. The summed E-state index contributed by atoms with van der Waals surface area (Å²) in [5.74, 6) is 1.14. The van der Waals surface area contributed by atoms with E-state index in [0.717, 1.165) is 5.56 Å². The van der Waals surface area contributed by atoms with E-state index in [1.807, 2.05) is 25.1 Å². The van der Waals surface area contributed by atoms with Gasteiger partial charge in [0.05, 0.1) is 4.92 Å². The number of carbonyl (C=O) groups is 1. The van der Waals surface area contributed by atoms with Gasteiger partial charge in [0.25, 0.3) is 11.6 Å². The molecule has 0 aromatic heterocycles. The van der Waals surface area contributed by atoms with Crippen LogP contribution in [-0.2, 0) is 6.54 Å². The number of nitro benzene ring substituents is 1. The topological polar surface area (TPSA) is 81.9 Å². The molecule has 1 aliphatic rings. The van der Waals surface area contributed by atoms with E-state index in [-0.39, 0.29) is 11.6 Å². The molecule has 0 unspecified atom stereocenters. The number of rotatable bonds is 5. The number of benzene rings is 2. The van der Waals surface area contributed by atoms with Crippen molar-refractivity contribution in [2.24, 2.45) is 0 Å². The number of ether oxygens (including phenoxy) is 2. The molecule has 0 fully saturated rings. The van der Waals surface area contributed by atoms with Crippen molar-refractivity contribution in [1.82, 2.24) is 4.90 Å². The van der Waals surface area contributed by atoms with Gasteiger partial charge < -0.3 is 14.4 Å². The van der Waals surface area contributed by atoms with Gasteiger partial charge in [0, 0.05) is 30.3 Å². The predicted molar refractivity (Wildman–Crippen MR) is 95.7 cm³/mol. The second-order valence-corrected chi connectivity index (χ2v) is 6.00. The van der Waals surface area contributed by atoms with E-state index < -0.39 is 4.92 Å². The number of nitrogens with zero attached hydrogens (tertiary/aromatic N) is 2. The Morgan fingerprint density at radius 1 is 1.19 bits per heavy atom. The van der Waals surface area contributed by atoms with Crippen LogP contribution in [0.5, 0.6) is 11.5 Å². The van der Waals surface area contributed by atoms with Gasteiger partial charge in [0.15, 0.2) is 11.5 Å². The summed E-state index contributed by atoms with van der Waals surface area (Å²) < 4.78 is 11.1. The number of nitro groups is 1. The van der Waals surface area contributed by atoms with Crippen LogP contribution in [0.15, 0.2) is 36.4 Å². The van der Waals surface area contributed by atoms with E-state index in [0.29, 0.717) is 48.9 Å². The van der Waals surface area contributed by atoms with E-state index in [9.17, 15) is 14.9 Å². The Balaban J connectivity index is 1.84. The standard InChI is InChI=1S/C19H20N2O5/c1-3-20(12-14-7-8-17-18(11-14)26-10-9-25-17)19(22)15-5-4-6-16(13(15)2)21(23)24/h4-8,11H,3,9-10,12H2,1-2H3. The fourth-order valence-electron chi connectivity index (χ4n) is 2.96. The first-order valence-corrected chi connectivity index (χ1v) is 8.43. The van der Waals surface area contributed by atoms with Gasteiger partial charge in [0.1, 0.15) is 13.2 Å².